The standard InChI is InChI=1S/C13H11BrF2O/c1-2-12-9(5-6-17-12)13(14)8-3-4-10(15)11(16)7-8/h3-7,13H,2H2,1H3. The van der Waals surface area contributed by atoms with Gasteiger partial charge in [0.2, 0.25) is 0 Å². The van der Waals surface area contributed by atoms with E-state index in [1.165, 1.54) is 6.07 Å². The number of aryl methyl sites for hydroxylation is 1. The third-order valence-corrected chi connectivity index (χ3v) is 3.63. The van der Waals surface area contributed by atoms with Gasteiger partial charge in [0.05, 0.1) is 11.1 Å². The highest BCUT2D eigenvalue weighted by Crippen LogP contribution is 2.34. The topological polar surface area (TPSA) is 13.1 Å². The predicted molar refractivity (Wildman–Crippen MR) is 65.2 cm³/mol. The minimum Gasteiger partial charge on any atom is -0.469 e. The molecule has 0 aliphatic heterocycles. The van der Waals surface area contributed by atoms with Crippen LogP contribution in [0.2, 0.25) is 0 Å². The summed E-state index contributed by atoms with van der Waals surface area (Å²) < 4.78 is 31.3. The third kappa shape index (κ3) is 2.41. The smallest absolute Gasteiger partial charge is 0.159 e. The average Bonchev–Trinajstić information content (AvgIpc) is 2.80. The first-order chi connectivity index (χ1) is 8.13. The number of alkyl halides is 1. The van der Waals surface area contributed by atoms with E-state index in [1.807, 2.05) is 13.0 Å². The quantitative estimate of drug-likeness (QED) is 0.755. The molecule has 1 atom stereocenters. The summed E-state index contributed by atoms with van der Waals surface area (Å²) in [4.78, 5) is -0.189. The molecular weight excluding hydrogens is 290 g/mol. The Bertz CT molecular complexity index is 522. The number of hydrogen-bond acceptors (Lipinski definition) is 1. The van der Waals surface area contributed by atoms with Crippen LogP contribution in [0, 0.1) is 11.6 Å². The Morgan fingerprint density at radius 3 is 2.65 bits per heavy atom. The van der Waals surface area contributed by atoms with E-state index in [0.29, 0.717) is 5.56 Å². The van der Waals surface area contributed by atoms with Crippen LogP contribution < -0.4 is 0 Å². The van der Waals surface area contributed by atoms with Crippen molar-refractivity contribution in [1.29, 1.82) is 0 Å². The number of furan rings is 1. The Balaban J connectivity index is 2.36. The minimum atomic E-state index is -0.839. The maximum atomic E-state index is 13.1. The predicted octanol–water partition coefficient (Wildman–Crippen LogP) is 4.60. The molecule has 0 radical (unpaired) electrons. The van der Waals surface area contributed by atoms with Gasteiger partial charge in [0.15, 0.2) is 11.6 Å². The highest BCUT2D eigenvalue weighted by atomic mass is 79.9. The van der Waals surface area contributed by atoms with E-state index in [0.717, 1.165) is 23.8 Å². The van der Waals surface area contributed by atoms with Crippen LogP contribution in [0.3, 0.4) is 0 Å². The molecule has 0 spiro atoms. The molecule has 1 nitrogen and oxygen atoms in total. The van der Waals surface area contributed by atoms with Crippen molar-refractivity contribution in [2.45, 2.75) is 18.2 Å². The lowest BCUT2D eigenvalue weighted by atomic mass is 10.0. The Morgan fingerprint density at radius 1 is 1.24 bits per heavy atom. The molecule has 1 unspecified atom stereocenters. The van der Waals surface area contributed by atoms with E-state index in [1.54, 1.807) is 12.3 Å². The molecule has 2 aromatic rings. The molecule has 90 valence electrons. The van der Waals surface area contributed by atoms with Crippen LogP contribution in [-0.2, 0) is 6.42 Å². The summed E-state index contributed by atoms with van der Waals surface area (Å²) in [5, 5.41) is 0. The molecular formula is C13H11BrF2O. The fourth-order valence-electron chi connectivity index (χ4n) is 1.71. The molecule has 0 N–H and O–H groups in total. The van der Waals surface area contributed by atoms with E-state index in [-0.39, 0.29) is 4.83 Å². The van der Waals surface area contributed by atoms with Crippen molar-refractivity contribution >= 4 is 15.9 Å². The lowest BCUT2D eigenvalue weighted by molar-refractivity contribution is 0.506. The van der Waals surface area contributed by atoms with Gasteiger partial charge in [-0.1, -0.05) is 28.9 Å². The van der Waals surface area contributed by atoms with E-state index in [4.69, 9.17) is 4.42 Å². The molecule has 0 saturated heterocycles. The second-order valence-corrected chi connectivity index (χ2v) is 4.60. The van der Waals surface area contributed by atoms with Crippen LogP contribution in [-0.4, -0.2) is 0 Å². The molecule has 1 aromatic heterocycles. The van der Waals surface area contributed by atoms with Crippen LogP contribution in [0.1, 0.15) is 28.6 Å². The fourth-order valence-corrected chi connectivity index (χ4v) is 2.41. The first-order valence-electron chi connectivity index (χ1n) is 5.28. The Morgan fingerprint density at radius 2 is 2.00 bits per heavy atom. The van der Waals surface area contributed by atoms with Crippen molar-refractivity contribution in [3.8, 4) is 0 Å². The summed E-state index contributed by atoms with van der Waals surface area (Å²) in [5.41, 5.74) is 1.61. The van der Waals surface area contributed by atoms with E-state index in [9.17, 15) is 8.78 Å². The van der Waals surface area contributed by atoms with Crippen LogP contribution in [0.15, 0.2) is 34.9 Å². The summed E-state index contributed by atoms with van der Waals surface area (Å²) in [5.74, 6) is -0.832. The Labute approximate surface area is 107 Å². The average molecular weight is 301 g/mol. The lowest BCUT2D eigenvalue weighted by Gasteiger charge is -2.10. The summed E-state index contributed by atoms with van der Waals surface area (Å²) >= 11 is 3.47. The van der Waals surface area contributed by atoms with E-state index in [2.05, 4.69) is 15.9 Å². The van der Waals surface area contributed by atoms with Gasteiger partial charge >= 0.3 is 0 Å². The van der Waals surface area contributed by atoms with Gasteiger partial charge in [-0.3, -0.25) is 0 Å². The van der Waals surface area contributed by atoms with Crippen molar-refractivity contribution in [2.75, 3.05) is 0 Å². The molecule has 2 rings (SSSR count). The minimum absolute atomic E-state index is 0.189. The first-order valence-corrected chi connectivity index (χ1v) is 6.20. The van der Waals surface area contributed by atoms with Gasteiger partial charge in [0, 0.05) is 12.0 Å². The van der Waals surface area contributed by atoms with Crippen molar-refractivity contribution in [3.63, 3.8) is 0 Å². The summed E-state index contributed by atoms with van der Waals surface area (Å²) in [7, 11) is 0. The number of benzene rings is 1. The summed E-state index contributed by atoms with van der Waals surface area (Å²) in [6, 6.07) is 5.72. The summed E-state index contributed by atoms with van der Waals surface area (Å²) in [6.07, 6.45) is 2.36. The van der Waals surface area contributed by atoms with Gasteiger partial charge in [0.25, 0.3) is 0 Å². The molecule has 0 bridgehead atoms. The lowest BCUT2D eigenvalue weighted by Crippen LogP contribution is -1.96. The van der Waals surface area contributed by atoms with Crippen LogP contribution >= 0.6 is 15.9 Å². The van der Waals surface area contributed by atoms with Gasteiger partial charge in [-0.2, -0.15) is 0 Å². The zero-order valence-corrected chi connectivity index (χ0v) is 10.8. The third-order valence-electron chi connectivity index (χ3n) is 2.61. The van der Waals surface area contributed by atoms with Gasteiger partial charge in [-0.15, -0.1) is 0 Å². The SMILES string of the molecule is CCc1occc1C(Br)c1ccc(F)c(F)c1. The zero-order valence-electron chi connectivity index (χ0n) is 9.21. The molecule has 0 aliphatic rings. The van der Waals surface area contributed by atoms with Crippen LogP contribution in [0.25, 0.3) is 0 Å². The highest BCUT2D eigenvalue weighted by Gasteiger charge is 2.17. The number of halogens is 3. The van der Waals surface area contributed by atoms with Gasteiger partial charge in [-0.25, -0.2) is 8.78 Å². The van der Waals surface area contributed by atoms with Crippen molar-refractivity contribution in [2.24, 2.45) is 0 Å². The van der Waals surface area contributed by atoms with Gasteiger partial charge in [0.1, 0.15) is 5.76 Å². The van der Waals surface area contributed by atoms with Gasteiger partial charge in [-0.05, 0) is 23.8 Å². The molecule has 1 aromatic carbocycles. The maximum absolute atomic E-state index is 13.1. The first kappa shape index (κ1) is 12.3. The maximum Gasteiger partial charge on any atom is 0.159 e. The molecule has 0 amide bonds. The zero-order chi connectivity index (χ0) is 12.4. The Hall–Kier alpha value is -1.16. The molecule has 0 fully saturated rings. The second-order valence-electron chi connectivity index (χ2n) is 3.69. The molecule has 0 saturated carbocycles. The fraction of sp³-hybridized carbons (Fsp3) is 0.231. The monoisotopic (exact) mass is 300 g/mol. The van der Waals surface area contributed by atoms with Gasteiger partial charge < -0.3 is 4.42 Å². The normalized spacial score (nSPS) is 12.7. The number of hydrogen-bond donors (Lipinski definition) is 0. The van der Waals surface area contributed by atoms with Crippen molar-refractivity contribution in [3.05, 3.63) is 59.1 Å². The van der Waals surface area contributed by atoms with E-state index >= 15 is 0 Å². The van der Waals surface area contributed by atoms with Crippen LogP contribution in [0.5, 0.6) is 0 Å². The molecule has 0 aliphatic carbocycles. The van der Waals surface area contributed by atoms with E-state index < -0.39 is 11.6 Å². The van der Waals surface area contributed by atoms with Crippen molar-refractivity contribution < 1.29 is 13.2 Å². The number of rotatable bonds is 3. The van der Waals surface area contributed by atoms with Crippen molar-refractivity contribution in [1.82, 2.24) is 0 Å². The molecule has 1 heterocycles. The largest absolute Gasteiger partial charge is 0.469 e. The second kappa shape index (κ2) is 5.00. The van der Waals surface area contributed by atoms with Crippen LogP contribution in [0.4, 0.5) is 8.78 Å². The summed E-state index contributed by atoms with van der Waals surface area (Å²) in [6.45, 7) is 1.98. The highest BCUT2D eigenvalue weighted by molar-refractivity contribution is 9.09. The molecule has 4 heteroatoms. The molecule has 17 heavy (non-hydrogen) atoms. The Kier molecular flexibility index (Phi) is 3.62.